The highest BCUT2D eigenvalue weighted by Crippen LogP contribution is 2.35. The van der Waals surface area contributed by atoms with E-state index in [-0.39, 0.29) is 31.9 Å². The van der Waals surface area contributed by atoms with Crippen LogP contribution in [0.4, 0.5) is 24.5 Å². The fourth-order valence-corrected chi connectivity index (χ4v) is 3.74. The Balaban J connectivity index is 1.85. The molecular formula is C19H12F3N3O4S2. The third kappa shape index (κ3) is 5.47. The van der Waals surface area contributed by atoms with Gasteiger partial charge in [-0.25, -0.2) is 0 Å². The molecule has 2 N–H and O–H groups in total. The van der Waals surface area contributed by atoms with E-state index in [1.165, 1.54) is 36.4 Å². The molecule has 12 heteroatoms. The number of benzene rings is 2. The zero-order valence-electron chi connectivity index (χ0n) is 15.3. The smallest absolute Gasteiger partial charge is 0.416 e. The number of aliphatic carboxylic acids is 1. The highest BCUT2D eigenvalue weighted by molar-refractivity contribution is 8.26. The summed E-state index contributed by atoms with van der Waals surface area (Å²) in [6, 6.07) is 8.36. The number of azo groups is 1. The number of carbonyl (C=O) groups excluding carboxylic acids is 1. The normalized spacial score (nSPS) is 16.0. The summed E-state index contributed by atoms with van der Waals surface area (Å²) >= 11 is 5.89. The molecule has 0 spiro atoms. The number of amides is 1. The number of thiocarbonyl (C=S) groups is 1. The molecule has 1 amide bonds. The summed E-state index contributed by atoms with van der Waals surface area (Å²) in [5.74, 6) is -2.04. The van der Waals surface area contributed by atoms with Gasteiger partial charge < -0.3 is 10.2 Å². The van der Waals surface area contributed by atoms with Crippen molar-refractivity contribution in [3.63, 3.8) is 0 Å². The van der Waals surface area contributed by atoms with E-state index in [1.54, 1.807) is 0 Å². The Hall–Kier alpha value is -3.25. The maximum Gasteiger partial charge on any atom is 0.416 e. The lowest BCUT2D eigenvalue weighted by Crippen LogP contribution is -2.33. The van der Waals surface area contributed by atoms with Crippen molar-refractivity contribution < 1.29 is 33.0 Å². The Bertz CT molecular complexity index is 1130. The van der Waals surface area contributed by atoms with Crippen molar-refractivity contribution in [2.45, 2.75) is 6.18 Å². The molecule has 0 bridgehead atoms. The molecule has 2 aromatic carbocycles. The molecular weight excluding hydrogens is 455 g/mol. The van der Waals surface area contributed by atoms with Crippen molar-refractivity contribution in [3.05, 3.63) is 58.5 Å². The molecule has 7 nitrogen and oxygen atoms in total. The molecule has 0 unspecified atom stereocenters. The summed E-state index contributed by atoms with van der Waals surface area (Å²) in [6.45, 7) is -0.584. The van der Waals surface area contributed by atoms with E-state index in [9.17, 15) is 27.9 Å². The van der Waals surface area contributed by atoms with Gasteiger partial charge in [-0.3, -0.25) is 14.5 Å². The van der Waals surface area contributed by atoms with Crippen molar-refractivity contribution in [1.82, 2.24) is 4.90 Å². The van der Waals surface area contributed by atoms with Crippen LogP contribution in [0.1, 0.15) is 11.1 Å². The van der Waals surface area contributed by atoms with Gasteiger partial charge in [-0.2, -0.15) is 23.4 Å². The molecule has 1 aliphatic rings. The van der Waals surface area contributed by atoms with Gasteiger partial charge in [0.1, 0.15) is 16.6 Å². The number of aromatic hydroxyl groups is 1. The highest BCUT2D eigenvalue weighted by atomic mass is 32.2. The number of halogens is 3. The molecule has 3 rings (SSSR count). The third-order valence-corrected chi connectivity index (χ3v) is 5.30. The lowest BCUT2D eigenvalue weighted by atomic mass is 10.1. The van der Waals surface area contributed by atoms with E-state index in [1.807, 2.05) is 0 Å². The second-order valence-corrected chi connectivity index (χ2v) is 7.83. The van der Waals surface area contributed by atoms with Crippen LogP contribution in [0.2, 0.25) is 0 Å². The fourth-order valence-electron chi connectivity index (χ4n) is 2.49. The van der Waals surface area contributed by atoms with Crippen LogP contribution in [0.25, 0.3) is 6.08 Å². The predicted molar refractivity (Wildman–Crippen MR) is 111 cm³/mol. The SMILES string of the molecule is O=C(O)CN1C(=O)/C(=C/c2cc(N=Nc3cccc(C(F)(F)F)c3)ccc2O)SC1=S. The lowest BCUT2D eigenvalue weighted by molar-refractivity contribution is -0.140. The molecule has 0 aliphatic carbocycles. The van der Waals surface area contributed by atoms with Gasteiger partial charge in [-0.15, -0.1) is 0 Å². The Labute approximate surface area is 182 Å². The number of carbonyl (C=O) groups is 2. The zero-order valence-corrected chi connectivity index (χ0v) is 17.0. The first-order valence-electron chi connectivity index (χ1n) is 8.44. The number of hydrogen-bond donors (Lipinski definition) is 2. The van der Waals surface area contributed by atoms with E-state index in [4.69, 9.17) is 17.3 Å². The summed E-state index contributed by atoms with van der Waals surface area (Å²) in [6.07, 6.45) is -3.19. The van der Waals surface area contributed by atoms with Crippen LogP contribution in [-0.4, -0.2) is 37.9 Å². The van der Waals surface area contributed by atoms with Gasteiger partial charge in [0.2, 0.25) is 0 Å². The van der Waals surface area contributed by atoms with Gasteiger partial charge in [-0.1, -0.05) is 30.0 Å². The number of hydrogen-bond acceptors (Lipinski definition) is 7. The monoisotopic (exact) mass is 467 g/mol. The number of phenols is 1. The summed E-state index contributed by atoms with van der Waals surface area (Å²) in [7, 11) is 0. The van der Waals surface area contributed by atoms with Gasteiger partial charge in [0.25, 0.3) is 5.91 Å². The predicted octanol–water partition coefficient (Wildman–Crippen LogP) is 5.11. The third-order valence-electron chi connectivity index (χ3n) is 3.92. The van der Waals surface area contributed by atoms with Crippen LogP contribution in [-0.2, 0) is 15.8 Å². The Morgan fingerprint density at radius 2 is 1.84 bits per heavy atom. The Morgan fingerprint density at radius 1 is 1.16 bits per heavy atom. The van der Waals surface area contributed by atoms with Crippen LogP contribution < -0.4 is 0 Å². The number of thioether (sulfide) groups is 1. The number of phenolic OH excluding ortho intramolecular Hbond substituents is 1. The minimum atomic E-state index is -4.51. The average Bonchev–Trinajstić information content (AvgIpc) is 2.95. The van der Waals surface area contributed by atoms with E-state index in [0.29, 0.717) is 0 Å². The number of carboxylic acids is 1. The van der Waals surface area contributed by atoms with Gasteiger partial charge in [0.05, 0.1) is 21.8 Å². The lowest BCUT2D eigenvalue weighted by Gasteiger charge is -2.10. The summed E-state index contributed by atoms with van der Waals surface area (Å²) in [5, 5.41) is 26.6. The molecule has 1 aliphatic heterocycles. The first kappa shape index (κ1) is 22.4. The minimum Gasteiger partial charge on any atom is -0.507 e. The molecule has 1 saturated heterocycles. The number of rotatable bonds is 5. The molecule has 0 aromatic heterocycles. The van der Waals surface area contributed by atoms with Crippen molar-refractivity contribution in [3.8, 4) is 5.75 Å². The Kier molecular flexibility index (Phi) is 6.41. The second kappa shape index (κ2) is 8.86. The highest BCUT2D eigenvalue weighted by Gasteiger charge is 2.33. The quantitative estimate of drug-likeness (QED) is 0.360. The van der Waals surface area contributed by atoms with E-state index in [2.05, 4.69) is 10.2 Å². The first-order valence-corrected chi connectivity index (χ1v) is 9.66. The minimum absolute atomic E-state index is 0.0148. The summed E-state index contributed by atoms with van der Waals surface area (Å²) in [5.41, 5.74) is -0.489. The van der Waals surface area contributed by atoms with Crippen LogP contribution in [0, 0.1) is 0 Å². The molecule has 0 radical (unpaired) electrons. The van der Waals surface area contributed by atoms with Crippen LogP contribution >= 0.6 is 24.0 Å². The van der Waals surface area contributed by atoms with Crippen molar-refractivity contribution in [2.24, 2.45) is 10.2 Å². The van der Waals surface area contributed by atoms with Crippen LogP contribution in [0.3, 0.4) is 0 Å². The molecule has 2 aromatic rings. The molecule has 0 atom stereocenters. The average molecular weight is 467 g/mol. The summed E-state index contributed by atoms with van der Waals surface area (Å²) < 4.78 is 38.5. The van der Waals surface area contributed by atoms with E-state index >= 15 is 0 Å². The first-order chi connectivity index (χ1) is 14.5. The molecule has 0 saturated carbocycles. The molecule has 31 heavy (non-hydrogen) atoms. The van der Waals surface area contributed by atoms with Crippen molar-refractivity contribution in [2.75, 3.05) is 6.54 Å². The van der Waals surface area contributed by atoms with E-state index < -0.39 is 30.2 Å². The number of nitrogens with zero attached hydrogens (tertiary/aromatic N) is 3. The number of carboxylic acid groups (broad SMARTS) is 1. The van der Waals surface area contributed by atoms with Gasteiger partial charge in [-0.05, 0) is 42.5 Å². The zero-order chi connectivity index (χ0) is 22.8. The fraction of sp³-hybridized carbons (Fsp3) is 0.105. The van der Waals surface area contributed by atoms with Crippen LogP contribution in [0.5, 0.6) is 5.75 Å². The maximum absolute atomic E-state index is 12.8. The second-order valence-electron chi connectivity index (χ2n) is 6.15. The van der Waals surface area contributed by atoms with Crippen molar-refractivity contribution >= 4 is 57.6 Å². The van der Waals surface area contributed by atoms with E-state index in [0.717, 1.165) is 28.8 Å². The summed E-state index contributed by atoms with van der Waals surface area (Å²) in [4.78, 5) is 24.2. The molecule has 1 heterocycles. The Morgan fingerprint density at radius 3 is 2.48 bits per heavy atom. The van der Waals surface area contributed by atoms with Crippen molar-refractivity contribution in [1.29, 1.82) is 0 Å². The maximum atomic E-state index is 12.8. The van der Waals surface area contributed by atoms with Crippen LogP contribution in [0.15, 0.2) is 57.6 Å². The standard InChI is InChI=1S/C19H12F3N3O4S2/c20-19(21,22)11-2-1-3-12(8-11)23-24-13-4-5-14(26)10(6-13)7-15-17(29)25(9-16(27)28)18(30)31-15/h1-8,26H,9H2,(H,27,28)/b15-7-,24-23?. The largest absolute Gasteiger partial charge is 0.507 e. The molecule has 1 fully saturated rings. The number of alkyl halides is 3. The van der Waals surface area contributed by atoms with Gasteiger partial charge in [0.15, 0.2) is 0 Å². The molecule has 160 valence electrons. The topological polar surface area (TPSA) is 103 Å². The van der Waals surface area contributed by atoms with Gasteiger partial charge in [0, 0.05) is 5.56 Å². The van der Waals surface area contributed by atoms with Gasteiger partial charge >= 0.3 is 12.1 Å².